The first-order valence-electron chi connectivity index (χ1n) is 6.95. The maximum Gasteiger partial charge on any atom is 0.293 e. The topological polar surface area (TPSA) is 68.0 Å². The van der Waals surface area contributed by atoms with Crippen LogP contribution in [-0.2, 0) is 0 Å². The number of aromatic nitrogens is 2. The lowest BCUT2D eigenvalue weighted by Crippen LogP contribution is -2.10. The fourth-order valence-electron chi connectivity index (χ4n) is 2.23. The third-order valence-corrected chi connectivity index (χ3v) is 4.09. The molecule has 0 radical (unpaired) electrons. The van der Waals surface area contributed by atoms with Crippen LogP contribution in [-0.4, -0.2) is 15.9 Å². The first-order chi connectivity index (χ1) is 11.3. The Morgan fingerprint density at radius 1 is 1.17 bits per heavy atom. The van der Waals surface area contributed by atoms with Gasteiger partial charge in [0.2, 0.25) is 0 Å². The fraction of sp³-hybridized carbons (Fsp3) is 0. The molecule has 1 amide bonds. The number of hydrogen-bond donors (Lipinski definition) is 1. The number of para-hydroxylation sites is 1. The second-order valence-electron chi connectivity index (χ2n) is 4.88. The predicted octanol–water partition coefficient (Wildman–Crippen LogP) is 4.20. The van der Waals surface area contributed by atoms with Crippen LogP contribution in [0.5, 0.6) is 0 Å². The number of benzene rings is 1. The van der Waals surface area contributed by atoms with Crippen LogP contribution in [0.15, 0.2) is 64.7 Å². The zero-order valence-electron chi connectivity index (χ0n) is 11.9. The van der Waals surface area contributed by atoms with Gasteiger partial charge in [0.05, 0.1) is 5.69 Å². The predicted molar refractivity (Wildman–Crippen MR) is 89.5 cm³/mol. The van der Waals surface area contributed by atoms with Gasteiger partial charge in [0.25, 0.3) is 5.91 Å². The largest absolute Gasteiger partial charge is 0.451 e. The molecule has 0 aliphatic rings. The lowest BCUT2D eigenvalue weighted by Gasteiger charge is -1.97. The van der Waals surface area contributed by atoms with Crippen LogP contribution in [0.1, 0.15) is 10.6 Å². The van der Waals surface area contributed by atoms with E-state index in [1.165, 1.54) is 11.3 Å². The van der Waals surface area contributed by atoms with Gasteiger partial charge in [0.15, 0.2) is 10.9 Å². The number of thiazole rings is 1. The molecule has 0 spiro atoms. The molecular weight excluding hydrogens is 310 g/mol. The summed E-state index contributed by atoms with van der Waals surface area (Å²) in [6.07, 6.45) is 3.44. The number of furan rings is 1. The Hall–Kier alpha value is -2.99. The first kappa shape index (κ1) is 13.7. The number of anilines is 1. The Labute approximate surface area is 135 Å². The first-order valence-corrected chi connectivity index (χ1v) is 7.83. The Morgan fingerprint density at radius 2 is 2.09 bits per heavy atom. The van der Waals surface area contributed by atoms with Crippen LogP contribution in [0.4, 0.5) is 5.13 Å². The monoisotopic (exact) mass is 321 g/mol. The van der Waals surface area contributed by atoms with E-state index in [1.54, 1.807) is 18.5 Å². The van der Waals surface area contributed by atoms with Crippen molar-refractivity contribution in [3.8, 4) is 11.3 Å². The van der Waals surface area contributed by atoms with Gasteiger partial charge in [-0.15, -0.1) is 11.3 Å². The number of rotatable bonds is 3. The molecule has 0 aliphatic heterocycles. The summed E-state index contributed by atoms with van der Waals surface area (Å²) < 4.78 is 5.55. The van der Waals surface area contributed by atoms with Crippen LogP contribution in [0, 0.1) is 0 Å². The van der Waals surface area contributed by atoms with Gasteiger partial charge in [-0.2, -0.15) is 0 Å². The fourth-order valence-corrected chi connectivity index (χ4v) is 2.95. The Balaban J connectivity index is 1.56. The number of pyridine rings is 1. The number of nitrogens with zero attached hydrogens (tertiary/aromatic N) is 2. The molecule has 0 saturated carbocycles. The van der Waals surface area contributed by atoms with E-state index in [0.29, 0.717) is 10.7 Å². The summed E-state index contributed by atoms with van der Waals surface area (Å²) in [5.74, 6) is -0.0439. The Bertz CT molecular complexity index is 943. The normalized spacial score (nSPS) is 10.8. The van der Waals surface area contributed by atoms with E-state index in [-0.39, 0.29) is 11.7 Å². The van der Waals surface area contributed by atoms with Gasteiger partial charge in [0.1, 0.15) is 5.58 Å². The van der Waals surface area contributed by atoms with Gasteiger partial charge < -0.3 is 4.42 Å². The number of carbonyl (C=O) groups is 1. The molecule has 1 N–H and O–H groups in total. The highest BCUT2D eigenvalue weighted by Crippen LogP contribution is 2.25. The lowest BCUT2D eigenvalue weighted by molar-refractivity contribution is 0.0998. The number of nitrogens with one attached hydrogen (secondary N) is 1. The summed E-state index contributed by atoms with van der Waals surface area (Å²) in [4.78, 5) is 20.7. The summed E-state index contributed by atoms with van der Waals surface area (Å²) in [6, 6.07) is 13.0. The molecular formula is C17H11N3O2S. The third-order valence-electron chi connectivity index (χ3n) is 3.33. The quantitative estimate of drug-likeness (QED) is 0.614. The average Bonchev–Trinajstić information content (AvgIpc) is 3.22. The van der Waals surface area contributed by atoms with E-state index in [1.807, 2.05) is 41.8 Å². The maximum absolute atomic E-state index is 12.3. The second-order valence-corrected chi connectivity index (χ2v) is 5.74. The molecule has 0 atom stereocenters. The molecule has 1 aromatic carbocycles. The highest BCUT2D eigenvalue weighted by Gasteiger charge is 2.14. The van der Waals surface area contributed by atoms with Crippen LogP contribution < -0.4 is 5.32 Å². The zero-order valence-corrected chi connectivity index (χ0v) is 12.7. The minimum absolute atomic E-state index is 0.268. The summed E-state index contributed by atoms with van der Waals surface area (Å²) in [5, 5.41) is 6.06. The van der Waals surface area contributed by atoms with Crippen molar-refractivity contribution in [2.24, 2.45) is 0 Å². The van der Waals surface area contributed by atoms with E-state index in [9.17, 15) is 4.79 Å². The summed E-state index contributed by atoms with van der Waals surface area (Å²) in [6.45, 7) is 0. The number of amides is 1. The minimum Gasteiger partial charge on any atom is -0.451 e. The highest BCUT2D eigenvalue weighted by molar-refractivity contribution is 7.14. The standard InChI is InChI=1S/C17H11N3O2S/c21-16(15-8-11-4-1-2-6-14(11)22-15)20-17-19-13(10-23-17)12-5-3-7-18-9-12/h1-10H,(H,19,20,21). The van der Waals surface area contributed by atoms with E-state index in [4.69, 9.17) is 4.42 Å². The SMILES string of the molecule is O=C(Nc1nc(-c2cccnc2)cs1)c1cc2ccccc2o1. The smallest absolute Gasteiger partial charge is 0.293 e. The van der Waals surface area contributed by atoms with Crippen molar-refractivity contribution in [2.45, 2.75) is 0 Å². The van der Waals surface area contributed by atoms with Crippen molar-refractivity contribution in [1.29, 1.82) is 0 Å². The average molecular weight is 321 g/mol. The van der Waals surface area contributed by atoms with Crippen molar-refractivity contribution in [2.75, 3.05) is 5.32 Å². The van der Waals surface area contributed by atoms with E-state index < -0.39 is 0 Å². The van der Waals surface area contributed by atoms with Crippen molar-refractivity contribution in [1.82, 2.24) is 9.97 Å². The summed E-state index contributed by atoms with van der Waals surface area (Å²) >= 11 is 1.36. The molecule has 4 aromatic rings. The molecule has 6 heteroatoms. The number of fused-ring (bicyclic) bond motifs is 1. The molecule has 0 unspecified atom stereocenters. The molecule has 5 nitrogen and oxygen atoms in total. The summed E-state index contributed by atoms with van der Waals surface area (Å²) in [5.41, 5.74) is 2.38. The van der Waals surface area contributed by atoms with Gasteiger partial charge in [-0.1, -0.05) is 18.2 Å². The van der Waals surface area contributed by atoms with E-state index >= 15 is 0 Å². The van der Waals surface area contributed by atoms with Gasteiger partial charge in [-0.25, -0.2) is 4.98 Å². The molecule has 0 saturated heterocycles. The molecule has 4 rings (SSSR count). The second kappa shape index (κ2) is 5.66. The number of hydrogen-bond acceptors (Lipinski definition) is 5. The minimum atomic E-state index is -0.312. The van der Waals surface area contributed by atoms with E-state index in [0.717, 1.165) is 16.6 Å². The third kappa shape index (κ3) is 2.72. The van der Waals surface area contributed by atoms with Gasteiger partial charge in [0, 0.05) is 28.7 Å². The maximum atomic E-state index is 12.3. The number of carbonyl (C=O) groups excluding carboxylic acids is 1. The highest BCUT2D eigenvalue weighted by atomic mass is 32.1. The molecule has 112 valence electrons. The van der Waals surface area contributed by atoms with Gasteiger partial charge in [-0.05, 0) is 24.3 Å². The van der Waals surface area contributed by atoms with Crippen LogP contribution in [0.25, 0.3) is 22.2 Å². The molecule has 3 aromatic heterocycles. The van der Waals surface area contributed by atoms with E-state index in [2.05, 4.69) is 15.3 Å². The Kier molecular flexibility index (Phi) is 3.36. The van der Waals surface area contributed by atoms with Crippen molar-refractivity contribution < 1.29 is 9.21 Å². The van der Waals surface area contributed by atoms with Gasteiger partial charge in [-0.3, -0.25) is 15.1 Å². The lowest BCUT2D eigenvalue weighted by atomic mass is 10.2. The molecule has 0 aliphatic carbocycles. The molecule has 23 heavy (non-hydrogen) atoms. The van der Waals surface area contributed by atoms with Gasteiger partial charge >= 0.3 is 0 Å². The van der Waals surface area contributed by atoms with Crippen LogP contribution >= 0.6 is 11.3 Å². The zero-order chi connectivity index (χ0) is 15.6. The summed E-state index contributed by atoms with van der Waals surface area (Å²) in [7, 11) is 0. The molecule has 0 fully saturated rings. The van der Waals surface area contributed by atoms with Crippen molar-refractivity contribution >= 4 is 33.3 Å². The van der Waals surface area contributed by atoms with Crippen LogP contribution in [0.3, 0.4) is 0 Å². The molecule has 0 bridgehead atoms. The van der Waals surface area contributed by atoms with Crippen molar-refractivity contribution in [3.63, 3.8) is 0 Å². The van der Waals surface area contributed by atoms with Crippen LogP contribution in [0.2, 0.25) is 0 Å². The van der Waals surface area contributed by atoms with Crippen molar-refractivity contribution in [3.05, 3.63) is 66.0 Å². The molecule has 3 heterocycles. The Morgan fingerprint density at radius 3 is 2.91 bits per heavy atom.